The van der Waals surface area contributed by atoms with E-state index < -0.39 is 6.04 Å². The Morgan fingerprint density at radius 2 is 2.04 bits per heavy atom. The predicted octanol–water partition coefficient (Wildman–Crippen LogP) is 3.39. The van der Waals surface area contributed by atoms with Gasteiger partial charge >= 0.3 is 6.03 Å². The largest absolute Gasteiger partial charge is 0.322 e. The van der Waals surface area contributed by atoms with E-state index in [1.54, 1.807) is 29.2 Å². The van der Waals surface area contributed by atoms with Crippen LogP contribution in [0.2, 0.25) is 5.02 Å². The van der Waals surface area contributed by atoms with E-state index in [9.17, 15) is 9.59 Å². The summed E-state index contributed by atoms with van der Waals surface area (Å²) in [6, 6.07) is 6.03. The van der Waals surface area contributed by atoms with E-state index in [0.29, 0.717) is 28.8 Å². The van der Waals surface area contributed by atoms with Crippen LogP contribution in [0.3, 0.4) is 0 Å². The van der Waals surface area contributed by atoms with Gasteiger partial charge in [-0.2, -0.15) is 0 Å². The molecule has 1 aromatic heterocycles. The first kappa shape index (κ1) is 17.6. The number of hydrogen-bond donors (Lipinski definition) is 2. The molecule has 25 heavy (non-hydrogen) atoms. The van der Waals surface area contributed by atoms with Gasteiger partial charge in [-0.3, -0.25) is 10.1 Å². The molecule has 0 saturated carbocycles. The monoisotopic (exact) mass is 379 g/mol. The zero-order chi connectivity index (χ0) is 17.8. The van der Waals surface area contributed by atoms with Gasteiger partial charge in [0.2, 0.25) is 11.0 Å². The zero-order valence-corrected chi connectivity index (χ0v) is 15.2. The molecule has 1 aliphatic rings. The average Bonchev–Trinajstić information content (AvgIpc) is 3.25. The molecule has 0 aliphatic carbocycles. The number of nitrogens with zero attached hydrogens (tertiary/aromatic N) is 3. The number of halogens is 1. The summed E-state index contributed by atoms with van der Waals surface area (Å²) in [6.07, 6.45) is 2.17. The van der Waals surface area contributed by atoms with Crippen molar-refractivity contribution in [1.29, 1.82) is 0 Å². The van der Waals surface area contributed by atoms with Gasteiger partial charge in [-0.1, -0.05) is 29.9 Å². The maximum absolute atomic E-state index is 12.5. The molecule has 2 heterocycles. The highest BCUT2D eigenvalue weighted by Gasteiger charge is 2.34. The molecule has 7 nitrogen and oxygen atoms in total. The van der Waals surface area contributed by atoms with Crippen LogP contribution < -0.4 is 10.6 Å². The Balaban J connectivity index is 1.63. The van der Waals surface area contributed by atoms with E-state index in [1.165, 1.54) is 11.3 Å². The molecule has 0 spiro atoms. The van der Waals surface area contributed by atoms with Crippen molar-refractivity contribution in [3.8, 4) is 0 Å². The quantitative estimate of drug-likeness (QED) is 0.852. The number of nitrogens with one attached hydrogen (secondary N) is 2. The topological polar surface area (TPSA) is 87.2 Å². The Labute approximate surface area is 154 Å². The van der Waals surface area contributed by atoms with E-state index in [-0.39, 0.29) is 11.9 Å². The van der Waals surface area contributed by atoms with E-state index >= 15 is 0 Å². The van der Waals surface area contributed by atoms with Crippen molar-refractivity contribution in [2.75, 3.05) is 17.2 Å². The van der Waals surface area contributed by atoms with Crippen LogP contribution >= 0.6 is 22.9 Å². The first-order chi connectivity index (χ1) is 12.1. The molecule has 1 aromatic carbocycles. The van der Waals surface area contributed by atoms with Crippen molar-refractivity contribution in [2.45, 2.75) is 32.2 Å². The molecular weight excluding hydrogens is 362 g/mol. The Kier molecular flexibility index (Phi) is 5.50. The van der Waals surface area contributed by atoms with Gasteiger partial charge in [-0.25, -0.2) is 4.79 Å². The lowest BCUT2D eigenvalue weighted by molar-refractivity contribution is -0.119. The summed E-state index contributed by atoms with van der Waals surface area (Å²) in [5.41, 5.74) is 0.636. The molecule has 0 unspecified atom stereocenters. The number of carbonyl (C=O) groups excluding carboxylic acids is 2. The second-order valence-corrected chi connectivity index (χ2v) is 7.13. The second-order valence-electron chi connectivity index (χ2n) is 5.63. The van der Waals surface area contributed by atoms with E-state index in [4.69, 9.17) is 11.6 Å². The number of carbonyl (C=O) groups is 2. The molecule has 2 aromatic rings. The van der Waals surface area contributed by atoms with Crippen molar-refractivity contribution < 1.29 is 9.59 Å². The first-order valence-electron chi connectivity index (χ1n) is 8.03. The molecule has 1 atom stereocenters. The molecule has 1 fully saturated rings. The molecule has 1 aliphatic heterocycles. The normalized spacial score (nSPS) is 16.7. The maximum Gasteiger partial charge on any atom is 0.322 e. The molecular formula is C16H18ClN5O2S. The summed E-state index contributed by atoms with van der Waals surface area (Å²) in [5, 5.41) is 15.4. The molecule has 3 amide bonds. The molecule has 0 radical (unpaired) electrons. The smallest absolute Gasteiger partial charge is 0.312 e. The Morgan fingerprint density at radius 1 is 1.28 bits per heavy atom. The fraction of sp³-hybridized carbons (Fsp3) is 0.375. The van der Waals surface area contributed by atoms with Gasteiger partial charge in [-0.15, -0.1) is 10.2 Å². The summed E-state index contributed by atoms with van der Waals surface area (Å²) in [4.78, 5) is 26.6. The first-order valence-corrected chi connectivity index (χ1v) is 9.22. The van der Waals surface area contributed by atoms with E-state index in [1.807, 2.05) is 6.92 Å². The summed E-state index contributed by atoms with van der Waals surface area (Å²) in [7, 11) is 0. The van der Waals surface area contributed by atoms with Gasteiger partial charge in [0, 0.05) is 17.3 Å². The van der Waals surface area contributed by atoms with Crippen LogP contribution in [0.15, 0.2) is 24.3 Å². The number of anilines is 2. The third-order valence-corrected chi connectivity index (χ3v) is 5.15. The summed E-state index contributed by atoms with van der Waals surface area (Å²) in [6.45, 7) is 2.51. The number of likely N-dealkylation sites (tertiary alicyclic amines) is 1. The number of benzene rings is 1. The number of rotatable bonds is 4. The number of amides is 3. The molecule has 2 N–H and O–H groups in total. The second kappa shape index (κ2) is 7.79. The van der Waals surface area contributed by atoms with Crippen molar-refractivity contribution in [3.05, 3.63) is 34.3 Å². The highest BCUT2D eigenvalue weighted by molar-refractivity contribution is 7.15. The summed E-state index contributed by atoms with van der Waals surface area (Å²) in [5.74, 6) is -0.234. The Bertz CT molecular complexity index is 764. The van der Waals surface area contributed by atoms with Gasteiger partial charge in [-0.05, 0) is 43.5 Å². The lowest BCUT2D eigenvalue weighted by Crippen LogP contribution is -2.45. The van der Waals surface area contributed by atoms with Gasteiger partial charge < -0.3 is 10.2 Å². The van der Waals surface area contributed by atoms with Crippen molar-refractivity contribution >= 4 is 45.7 Å². The van der Waals surface area contributed by atoms with E-state index in [2.05, 4.69) is 20.8 Å². The standard InChI is InChI=1S/C16H18ClN5O2S/c1-2-13-20-21-15(25-13)19-14(23)12-4-3-9-22(12)16(24)18-11-7-5-10(17)6-8-11/h5-8,12H,2-4,9H2,1H3,(H,18,24)(H,19,21,23)/t12-/m0/s1. The third-order valence-electron chi connectivity index (χ3n) is 3.91. The van der Waals surface area contributed by atoms with Crippen molar-refractivity contribution in [1.82, 2.24) is 15.1 Å². The van der Waals surface area contributed by atoms with Crippen LogP contribution in [0.1, 0.15) is 24.8 Å². The summed E-state index contributed by atoms with van der Waals surface area (Å²) < 4.78 is 0. The van der Waals surface area contributed by atoms with Crippen LogP contribution in [0.5, 0.6) is 0 Å². The highest BCUT2D eigenvalue weighted by atomic mass is 35.5. The zero-order valence-electron chi connectivity index (χ0n) is 13.7. The van der Waals surface area contributed by atoms with Crippen LogP contribution in [-0.4, -0.2) is 39.6 Å². The lowest BCUT2D eigenvalue weighted by Gasteiger charge is -2.23. The SMILES string of the molecule is CCc1nnc(NC(=O)[C@@H]2CCCN2C(=O)Nc2ccc(Cl)cc2)s1. The molecule has 3 rings (SSSR count). The molecule has 132 valence electrons. The molecule has 0 bridgehead atoms. The highest BCUT2D eigenvalue weighted by Crippen LogP contribution is 2.22. The van der Waals surface area contributed by atoms with Gasteiger partial charge in [0.25, 0.3) is 0 Å². The van der Waals surface area contributed by atoms with Crippen LogP contribution in [0, 0.1) is 0 Å². The minimum absolute atomic E-state index is 0.234. The summed E-state index contributed by atoms with van der Waals surface area (Å²) >= 11 is 7.19. The van der Waals surface area contributed by atoms with Crippen LogP contribution in [0.4, 0.5) is 15.6 Å². The average molecular weight is 380 g/mol. The lowest BCUT2D eigenvalue weighted by atomic mass is 10.2. The number of hydrogen-bond acceptors (Lipinski definition) is 5. The van der Waals surface area contributed by atoms with E-state index in [0.717, 1.165) is 17.8 Å². The van der Waals surface area contributed by atoms with Gasteiger partial charge in [0.05, 0.1) is 0 Å². The minimum atomic E-state index is -0.513. The van der Waals surface area contributed by atoms with Gasteiger partial charge in [0.15, 0.2) is 0 Å². The van der Waals surface area contributed by atoms with Crippen LogP contribution in [-0.2, 0) is 11.2 Å². The Morgan fingerprint density at radius 3 is 2.72 bits per heavy atom. The molecule has 9 heteroatoms. The maximum atomic E-state index is 12.5. The van der Waals surface area contributed by atoms with Crippen molar-refractivity contribution in [3.63, 3.8) is 0 Å². The number of urea groups is 1. The fourth-order valence-corrected chi connectivity index (χ4v) is 3.45. The minimum Gasteiger partial charge on any atom is -0.312 e. The number of aromatic nitrogens is 2. The van der Waals surface area contributed by atoms with Crippen molar-refractivity contribution in [2.24, 2.45) is 0 Å². The van der Waals surface area contributed by atoms with Gasteiger partial charge in [0.1, 0.15) is 11.0 Å². The fourth-order valence-electron chi connectivity index (χ4n) is 2.65. The molecule has 1 saturated heterocycles. The predicted molar refractivity (Wildman–Crippen MR) is 98.1 cm³/mol. The Hall–Kier alpha value is -2.19. The third kappa shape index (κ3) is 4.26. The number of aryl methyl sites for hydroxylation is 1. The van der Waals surface area contributed by atoms with Crippen LogP contribution in [0.25, 0.3) is 0 Å².